The summed E-state index contributed by atoms with van der Waals surface area (Å²) >= 11 is 0. The van der Waals surface area contributed by atoms with Gasteiger partial charge in [0.2, 0.25) is 0 Å². The van der Waals surface area contributed by atoms with Crippen LogP contribution in [0.4, 0.5) is 0 Å². The topological polar surface area (TPSA) is 150 Å². The molecule has 8 nitrogen and oxygen atoms in total. The summed E-state index contributed by atoms with van der Waals surface area (Å²) in [6.07, 6.45) is -7.90. The highest BCUT2D eigenvalue weighted by Crippen LogP contribution is 2.08. The highest BCUT2D eigenvalue weighted by molar-refractivity contribution is 5.81. The maximum Gasteiger partial charge on any atom is 0.251 e. The highest BCUT2D eigenvalue weighted by atomic mass is 16.4. The Morgan fingerprint density at radius 2 is 1.63 bits per heavy atom. The van der Waals surface area contributed by atoms with Crippen molar-refractivity contribution >= 4 is 5.91 Å². The lowest BCUT2D eigenvalue weighted by Crippen LogP contribution is -2.54. The van der Waals surface area contributed by atoms with Crippen LogP contribution in [0.25, 0.3) is 0 Å². The van der Waals surface area contributed by atoms with Gasteiger partial charge < -0.3 is 36.0 Å². The number of hydrogen-bond acceptors (Lipinski definition) is 7. The van der Waals surface area contributed by atoms with Crippen LogP contribution in [0, 0.1) is 0 Å². The lowest BCUT2D eigenvalue weighted by Gasteiger charge is -2.27. The third-order valence-corrected chi connectivity index (χ3v) is 2.70. The van der Waals surface area contributed by atoms with E-state index in [4.69, 9.17) is 10.2 Å². The van der Waals surface area contributed by atoms with E-state index in [9.17, 15) is 25.2 Å². The van der Waals surface area contributed by atoms with Gasteiger partial charge in [-0.15, -0.1) is 0 Å². The molecule has 8 heteroatoms. The van der Waals surface area contributed by atoms with E-state index in [1.807, 2.05) is 6.92 Å². The van der Waals surface area contributed by atoms with Crippen molar-refractivity contribution in [2.45, 2.75) is 50.3 Å². The van der Waals surface area contributed by atoms with Crippen molar-refractivity contribution < 1.29 is 35.4 Å². The second-order valence-corrected chi connectivity index (χ2v) is 4.31. The SMILES string of the molecule is CCCCNC(=O)[C@H](O)[C@H](O)[C@H](O)[C@H](O)[C@@H](O)CO. The predicted molar refractivity (Wildman–Crippen MR) is 65.0 cm³/mol. The van der Waals surface area contributed by atoms with E-state index >= 15 is 0 Å². The first-order valence-electron chi connectivity index (χ1n) is 6.15. The Hall–Kier alpha value is -0.770. The minimum atomic E-state index is -1.97. The van der Waals surface area contributed by atoms with E-state index in [0.717, 1.165) is 6.42 Å². The largest absolute Gasteiger partial charge is 0.394 e. The van der Waals surface area contributed by atoms with Gasteiger partial charge in [-0.1, -0.05) is 13.3 Å². The summed E-state index contributed by atoms with van der Waals surface area (Å²) in [6, 6.07) is 0. The first kappa shape index (κ1) is 18.2. The predicted octanol–water partition coefficient (Wildman–Crippen LogP) is -3.30. The molecule has 0 unspecified atom stereocenters. The molecule has 0 aliphatic heterocycles. The van der Waals surface area contributed by atoms with Crippen LogP contribution in [0.1, 0.15) is 19.8 Å². The van der Waals surface area contributed by atoms with Gasteiger partial charge in [-0.3, -0.25) is 4.79 Å². The van der Waals surface area contributed by atoms with Crippen molar-refractivity contribution in [2.24, 2.45) is 0 Å². The van der Waals surface area contributed by atoms with Crippen molar-refractivity contribution in [2.75, 3.05) is 13.2 Å². The van der Waals surface area contributed by atoms with Gasteiger partial charge >= 0.3 is 0 Å². The number of nitrogens with one attached hydrogen (secondary N) is 1. The second-order valence-electron chi connectivity index (χ2n) is 4.31. The van der Waals surface area contributed by atoms with E-state index in [-0.39, 0.29) is 0 Å². The Balaban J connectivity index is 4.37. The average molecular weight is 281 g/mol. The van der Waals surface area contributed by atoms with Gasteiger partial charge in [0.15, 0.2) is 6.10 Å². The molecule has 0 bridgehead atoms. The lowest BCUT2D eigenvalue weighted by atomic mass is 9.99. The van der Waals surface area contributed by atoms with Crippen LogP contribution in [0.3, 0.4) is 0 Å². The molecule has 0 fully saturated rings. The zero-order valence-corrected chi connectivity index (χ0v) is 10.8. The molecule has 0 rings (SSSR count). The average Bonchev–Trinajstić information content (AvgIpc) is 2.43. The number of aliphatic hydroxyl groups is 6. The minimum Gasteiger partial charge on any atom is -0.394 e. The maximum atomic E-state index is 11.4. The van der Waals surface area contributed by atoms with Crippen LogP contribution in [0.2, 0.25) is 0 Å². The number of carbonyl (C=O) groups is 1. The molecule has 0 aliphatic carbocycles. The van der Waals surface area contributed by atoms with Gasteiger partial charge in [0.1, 0.15) is 24.4 Å². The normalized spacial score (nSPS) is 19.3. The summed E-state index contributed by atoms with van der Waals surface area (Å²) in [5, 5.41) is 57.8. The Bertz CT molecular complexity index is 263. The Kier molecular flexibility index (Phi) is 8.81. The smallest absolute Gasteiger partial charge is 0.251 e. The minimum absolute atomic E-state index is 0.316. The van der Waals surface area contributed by atoms with Crippen LogP contribution in [0.15, 0.2) is 0 Å². The fraction of sp³-hybridized carbons (Fsp3) is 0.909. The quantitative estimate of drug-likeness (QED) is 0.219. The molecule has 7 N–H and O–H groups in total. The molecule has 0 aliphatic rings. The second kappa shape index (κ2) is 9.18. The summed E-state index contributed by atoms with van der Waals surface area (Å²) in [4.78, 5) is 11.4. The van der Waals surface area contributed by atoms with Gasteiger partial charge in [-0.25, -0.2) is 0 Å². The first-order valence-corrected chi connectivity index (χ1v) is 6.15. The molecule has 5 atom stereocenters. The molecular weight excluding hydrogens is 258 g/mol. The standard InChI is InChI=1S/C11H23NO7/c1-2-3-4-12-11(19)10(18)9(17)8(16)7(15)6(14)5-13/h6-10,13-18H,2-5H2,1H3,(H,12,19)/t6-,7+,8+,9+,10+/m0/s1. The van der Waals surface area contributed by atoms with Crippen LogP contribution in [-0.2, 0) is 4.79 Å². The number of unbranched alkanes of at least 4 members (excludes halogenated alkanes) is 1. The molecule has 1 amide bonds. The summed E-state index contributed by atoms with van der Waals surface area (Å²) in [6.45, 7) is 1.40. The molecule has 0 heterocycles. The van der Waals surface area contributed by atoms with Gasteiger partial charge in [0, 0.05) is 6.54 Å². The van der Waals surface area contributed by atoms with Crippen molar-refractivity contribution in [1.82, 2.24) is 5.32 Å². The fourth-order valence-electron chi connectivity index (χ4n) is 1.37. The molecule has 0 saturated heterocycles. The van der Waals surface area contributed by atoms with Gasteiger partial charge in [-0.2, -0.15) is 0 Å². The molecule has 0 spiro atoms. The number of carbonyl (C=O) groups excluding carboxylic acids is 1. The number of aliphatic hydroxyl groups excluding tert-OH is 6. The maximum absolute atomic E-state index is 11.4. The zero-order valence-electron chi connectivity index (χ0n) is 10.8. The molecule has 114 valence electrons. The first-order chi connectivity index (χ1) is 8.86. The van der Waals surface area contributed by atoms with E-state index in [1.165, 1.54) is 0 Å². The van der Waals surface area contributed by atoms with Crippen molar-refractivity contribution in [3.8, 4) is 0 Å². The Morgan fingerprint density at radius 1 is 1.05 bits per heavy atom. The summed E-state index contributed by atoms with van der Waals surface area (Å²) < 4.78 is 0. The Morgan fingerprint density at radius 3 is 2.11 bits per heavy atom. The van der Waals surface area contributed by atoms with Crippen LogP contribution in [-0.4, -0.2) is 80.2 Å². The monoisotopic (exact) mass is 281 g/mol. The van der Waals surface area contributed by atoms with Crippen molar-refractivity contribution in [3.63, 3.8) is 0 Å². The molecule has 0 aromatic heterocycles. The number of rotatable bonds is 9. The van der Waals surface area contributed by atoms with E-state index in [2.05, 4.69) is 5.32 Å². The highest BCUT2D eigenvalue weighted by Gasteiger charge is 2.36. The van der Waals surface area contributed by atoms with E-state index < -0.39 is 43.0 Å². The number of amides is 1. The fourth-order valence-corrected chi connectivity index (χ4v) is 1.37. The molecule has 19 heavy (non-hydrogen) atoms. The van der Waals surface area contributed by atoms with Crippen LogP contribution < -0.4 is 5.32 Å². The molecule has 0 radical (unpaired) electrons. The molecular formula is C11H23NO7. The van der Waals surface area contributed by atoms with E-state index in [0.29, 0.717) is 13.0 Å². The summed E-state index contributed by atoms with van der Waals surface area (Å²) in [7, 11) is 0. The van der Waals surface area contributed by atoms with Gasteiger partial charge in [0.25, 0.3) is 5.91 Å². The Labute approximate surface area is 111 Å². The van der Waals surface area contributed by atoms with Crippen molar-refractivity contribution in [1.29, 1.82) is 0 Å². The van der Waals surface area contributed by atoms with E-state index in [1.54, 1.807) is 0 Å². The van der Waals surface area contributed by atoms with Crippen LogP contribution >= 0.6 is 0 Å². The molecule has 0 aromatic rings. The van der Waals surface area contributed by atoms with Crippen LogP contribution in [0.5, 0.6) is 0 Å². The van der Waals surface area contributed by atoms with Gasteiger partial charge in [-0.05, 0) is 6.42 Å². The zero-order chi connectivity index (χ0) is 15.0. The lowest BCUT2D eigenvalue weighted by molar-refractivity contribution is -0.156. The molecule has 0 saturated carbocycles. The number of hydrogen-bond donors (Lipinski definition) is 7. The summed E-state index contributed by atoms with van der Waals surface area (Å²) in [5.74, 6) is -0.884. The summed E-state index contributed by atoms with van der Waals surface area (Å²) in [5.41, 5.74) is 0. The molecule has 0 aromatic carbocycles. The van der Waals surface area contributed by atoms with Gasteiger partial charge in [0.05, 0.1) is 6.61 Å². The van der Waals surface area contributed by atoms with Crippen molar-refractivity contribution in [3.05, 3.63) is 0 Å². The third-order valence-electron chi connectivity index (χ3n) is 2.70. The third kappa shape index (κ3) is 5.81.